The van der Waals surface area contributed by atoms with Crippen molar-refractivity contribution in [2.24, 2.45) is 4.99 Å². The number of imidazole rings is 1. The molecule has 3 fully saturated rings. The summed E-state index contributed by atoms with van der Waals surface area (Å²) in [6, 6.07) is 10.3. The fourth-order valence-electron chi connectivity index (χ4n) is 7.50. The SMILES string of the molecule is C1=C(c2ccc(-c3ccc(-c4cnc(C5CCCN5)[nH]4)s3)c3c2C2CCC3C2)CC([C@@H]2CCCN2)=N1. The largest absolute Gasteiger partial charge is 0.340 e. The second-order valence-corrected chi connectivity index (χ2v) is 12.4. The predicted octanol–water partition coefficient (Wildman–Crippen LogP) is 6.53. The zero-order valence-electron chi connectivity index (χ0n) is 20.6. The van der Waals surface area contributed by atoms with Crippen LogP contribution in [0.4, 0.5) is 0 Å². The third-order valence-corrected chi connectivity index (χ3v) is 10.4. The molecule has 0 spiro atoms. The first kappa shape index (κ1) is 21.5. The molecule has 2 aromatic heterocycles. The van der Waals surface area contributed by atoms with Crippen LogP contribution in [-0.2, 0) is 0 Å². The van der Waals surface area contributed by atoms with Crippen molar-refractivity contribution in [3.8, 4) is 21.0 Å². The second kappa shape index (κ2) is 8.51. The molecule has 36 heavy (non-hydrogen) atoms. The van der Waals surface area contributed by atoms with E-state index in [-0.39, 0.29) is 0 Å². The Labute approximate surface area is 216 Å². The summed E-state index contributed by atoms with van der Waals surface area (Å²) in [6.45, 7) is 2.22. The lowest BCUT2D eigenvalue weighted by Gasteiger charge is -2.23. The molecule has 3 aliphatic heterocycles. The van der Waals surface area contributed by atoms with Gasteiger partial charge in [0.1, 0.15) is 5.82 Å². The maximum atomic E-state index is 4.89. The highest BCUT2D eigenvalue weighted by Crippen LogP contribution is 2.58. The fraction of sp³-hybridized carbons (Fsp3) is 0.467. The van der Waals surface area contributed by atoms with Crippen LogP contribution in [0.2, 0.25) is 0 Å². The van der Waals surface area contributed by atoms with Gasteiger partial charge >= 0.3 is 0 Å². The van der Waals surface area contributed by atoms with Crippen LogP contribution in [0.15, 0.2) is 41.7 Å². The van der Waals surface area contributed by atoms with Gasteiger partial charge in [-0.15, -0.1) is 11.3 Å². The number of rotatable bonds is 5. The zero-order chi connectivity index (χ0) is 23.6. The molecule has 2 aliphatic carbocycles. The van der Waals surface area contributed by atoms with Gasteiger partial charge in [0.25, 0.3) is 0 Å². The molecule has 5 aliphatic rings. The van der Waals surface area contributed by atoms with Gasteiger partial charge in [-0.25, -0.2) is 4.98 Å². The summed E-state index contributed by atoms with van der Waals surface area (Å²) >= 11 is 1.91. The summed E-state index contributed by atoms with van der Waals surface area (Å²) in [7, 11) is 0. The minimum atomic E-state index is 0.378. The van der Waals surface area contributed by atoms with Crippen LogP contribution >= 0.6 is 11.3 Å². The first-order chi connectivity index (χ1) is 17.8. The molecule has 2 saturated heterocycles. The zero-order valence-corrected chi connectivity index (χ0v) is 21.5. The molecule has 3 aromatic rings. The van der Waals surface area contributed by atoms with Crippen molar-refractivity contribution in [1.82, 2.24) is 20.6 Å². The van der Waals surface area contributed by atoms with Gasteiger partial charge in [-0.2, -0.15) is 0 Å². The topological polar surface area (TPSA) is 65.1 Å². The Morgan fingerprint density at radius 3 is 2.36 bits per heavy atom. The third-order valence-electron chi connectivity index (χ3n) is 9.23. The van der Waals surface area contributed by atoms with E-state index in [2.05, 4.69) is 46.1 Å². The smallest absolute Gasteiger partial charge is 0.123 e. The summed E-state index contributed by atoms with van der Waals surface area (Å²) in [4.78, 5) is 15.9. The minimum absolute atomic E-state index is 0.378. The Hall–Kier alpha value is -2.54. The molecular weight excluding hydrogens is 462 g/mol. The van der Waals surface area contributed by atoms with E-state index in [9.17, 15) is 0 Å². The van der Waals surface area contributed by atoms with Gasteiger partial charge in [-0.1, -0.05) is 12.1 Å². The third kappa shape index (κ3) is 3.41. The number of aromatic amines is 1. The van der Waals surface area contributed by atoms with Gasteiger partial charge in [0.15, 0.2) is 0 Å². The molecule has 0 amide bonds. The molecule has 8 rings (SSSR count). The Bertz CT molecular complexity index is 1380. The number of thiophene rings is 1. The highest BCUT2D eigenvalue weighted by molar-refractivity contribution is 7.18. The van der Waals surface area contributed by atoms with Crippen molar-refractivity contribution in [2.45, 2.75) is 75.3 Å². The Morgan fingerprint density at radius 1 is 0.806 bits per heavy atom. The molecule has 2 bridgehead atoms. The lowest BCUT2D eigenvalue weighted by molar-refractivity contribution is 0.613. The van der Waals surface area contributed by atoms with Crippen molar-refractivity contribution >= 4 is 22.6 Å². The van der Waals surface area contributed by atoms with Crippen molar-refractivity contribution in [1.29, 1.82) is 0 Å². The summed E-state index contributed by atoms with van der Waals surface area (Å²) < 4.78 is 0. The van der Waals surface area contributed by atoms with Crippen molar-refractivity contribution in [3.63, 3.8) is 0 Å². The number of hydrogen-bond donors (Lipinski definition) is 3. The van der Waals surface area contributed by atoms with Crippen LogP contribution in [0.25, 0.3) is 26.6 Å². The van der Waals surface area contributed by atoms with Crippen LogP contribution in [-0.4, -0.2) is 34.8 Å². The maximum absolute atomic E-state index is 4.89. The van der Waals surface area contributed by atoms with Crippen molar-refractivity contribution in [3.05, 3.63) is 59.2 Å². The maximum Gasteiger partial charge on any atom is 0.123 e. The van der Waals surface area contributed by atoms with Crippen LogP contribution < -0.4 is 10.6 Å². The highest BCUT2D eigenvalue weighted by atomic mass is 32.1. The molecule has 3 unspecified atom stereocenters. The van der Waals surface area contributed by atoms with E-state index >= 15 is 0 Å². The normalized spacial score (nSPS) is 28.7. The highest BCUT2D eigenvalue weighted by Gasteiger charge is 2.41. The molecule has 184 valence electrons. The molecule has 5 nitrogen and oxygen atoms in total. The van der Waals surface area contributed by atoms with E-state index in [1.54, 1.807) is 11.1 Å². The Balaban J connectivity index is 1.11. The van der Waals surface area contributed by atoms with E-state index in [0.29, 0.717) is 12.1 Å². The Morgan fingerprint density at radius 2 is 1.56 bits per heavy atom. The molecule has 4 atom stereocenters. The average Bonchev–Trinajstić information content (AvgIpc) is 3.77. The number of fused-ring (bicyclic) bond motifs is 5. The summed E-state index contributed by atoms with van der Waals surface area (Å²) in [5.74, 6) is 2.53. The van der Waals surface area contributed by atoms with E-state index < -0.39 is 0 Å². The van der Waals surface area contributed by atoms with Crippen molar-refractivity contribution < 1.29 is 0 Å². The van der Waals surface area contributed by atoms with E-state index in [0.717, 1.165) is 42.9 Å². The number of H-pyrrole nitrogens is 1. The predicted molar refractivity (Wildman–Crippen MR) is 148 cm³/mol. The monoisotopic (exact) mass is 495 g/mol. The standard InChI is InChI=1S/C30H33N5S/c1-3-22(31-11-1)24-14-19(15-33-24)20-7-8-21(29-18-6-5-17(13-18)28(20)29)26-9-10-27(36-26)25-16-34-30(35-25)23-4-2-12-32-23/h7-10,15-18,22-23,31-32H,1-6,11-14H2,(H,34,35)/t17?,18?,22-,23?/m0/s1. The summed E-state index contributed by atoms with van der Waals surface area (Å²) in [6.07, 6.45) is 14.1. The summed E-state index contributed by atoms with van der Waals surface area (Å²) in [5.41, 5.74) is 10.2. The molecule has 0 radical (unpaired) electrons. The van der Waals surface area contributed by atoms with Crippen molar-refractivity contribution in [2.75, 3.05) is 13.1 Å². The molecule has 5 heterocycles. The fourth-order valence-corrected chi connectivity index (χ4v) is 8.51. The van der Waals surface area contributed by atoms with Crippen LogP contribution in [0.3, 0.4) is 0 Å². The van der Waals surface area contributed by atoms with Gasteiger partial charge in [-0.05, 0) is 110 Å². The van der Waals surface area contributed by atoms with Gasteiger partial charge in [-0.3, -0.25) is 4.99 Å². The number of nitrogens with zero attached hydrogens (tertiary/aromatic N) is 2. The van der Waals surface area contributed by atoms with Crippen LogP contribution in [0, 0.1) is 0 Å². The molecule has 6 heteroatoms. The first-order valence-electron chi connectivity index (χ1n) is 13.9. The molecule has 1 saturated carbocycles. The number of hydrogen-bond acceptors (Lipinski definition) is 5. The molecular formula is C30H33N5S. The van der Waals surface area contributed by atoms with Gasteiger partial charge < -0.3 is 15.6 Å². The number of aromatic nitrogens is 2. The average molecular weight is 496 g/mol. The van der Waals surface area contributed by atoms with Gasteiger partial charge in [0.2, 0.25) is 0 Å². The quantitative estimate of drug-likeness (QED) is 0.377. The second-order valence-electron chi connectivity index (χ2n) is 11.3. The lowest BCUT2D eigenvalue weighted by Crippen LogP contribution is -2.29. The number of allylic oxidation sites excluding steroid dienone is 1. The number of aliphatic imine (C=N–C) groups is 1. The minimum Gasteiger partial charge on any atom is -0.340 e. The molecule has 3 N–H and O–H groups in total. The van der Waals surface area contributed by atoms with Crippen LogP contribution in [0.1, 0.15) is 91.8 Å². The number of benzene rings is 1. The summed E-state index contributed by atoms with van der Waals surface area (Å²) in [5, 5.41) is 7.19. The number of nitrogens with one attached hydrogen (secondary N) is 3. The van der Waals surface area contributed by atoms with E-state index in [4.69, 9.17) is 9.98 Å². The molecule has 1 aromatic carbocycles. The van der Waals surface area contributed by atoms with Crippen LogP contribution in [0.5, 0.6) is 0 Å². The van der Waals surface area contributed by atoms with E-state index in [1.165, 1.54) is 77.1 Å². The first-order valence-corrected chi connectivity index (χ1v) is 14.7. The van der Waals surface area contributed by atoms with E-state index in [1.807, 2.05) is 17.5 Å². The van der Waals surface area contributed by atoms with Gasteiger partial charge in [0, 0.05) is 29.3 Å². The Kier molecular flexibility index (Phi) is 5.09. The lowest BCUT2D eigenvalue weighted by atomic mass is 9.82. The van der Waals surface area contributed by atoms with Gasteiger partial charge in [0.05, 0.1) is 22.8 Å².